The summed E-state index contributed by atoms with van der Waals surface area (Å²) in [7, 11) is 0. The minimum absolute atomic E-state index is 0.00690. The summed E-state index contributed by atoms with van der Waals surface area (Å²) in [5.74, 6) is 0.434. The van der Waals surface area contributed by atoms with E-state index in [9.17, 15) is 9.90 Å². The molecule has 0 radical (unpaired) electrons. The van der Waals surface area contributed by atoms with E-state index in [2.05, 4.69) is 13.8 Å². The summed E-state index contributed by atoms with van der Waals surface area (Å²) in [6.45, 7) is 4.93. The smallest absolute Gasteiger partial charge is 0.239 e. The molecule has 4 nitrogen and oxygen atoms in total. The number of hydrogen-bond donors (Lipinski definition) is 2. The molecule has 0 saturated carbocycles. The number of amides is 1. The van der Waals surface area contributed by atoms with Crippen LogP contribution in [0.2, 0.25) is 0 Å². The lowest BCUT2D eigenvalue weighted by Gasteiger charge is -2.36. The van der Waals surface area contributed by atoms with Crippen LogP contribution >= 0.6 is 0 Å². The van der Waals surface area contributed by atoms with Gasteiger partial charge >= 0.3 is 0 Å². The van der Waals surface area contributed by atoms with Crippen LogP contribution in [0.5, 0.6) is 0 Å². The highest BCUT2D eigenvalue weighted by molar-refractivity contribution is 5.82. The molecule has 1 amide bonds. The van der Waals surface area contributed by atoms with Gasteiger partial charge in [-0.05, 0) is 31.6 Å². The molecule has 1 rings (SSSR count). The molecule has 1 fully saturated rings. The molecule has 94 valence electrons. The van der Waals surface area contributed by atoms with Gasteiger partial charge in [0, 0.05) is 6.54 Å². The highest BCUT2D eigenvalue weighted by atomic mass is 16.3. The first-order valence-electron chi connectivity index (χ1n) is 6.23. The summed E-state index contributed by atoms with van der Waals surface area (Å²) in [5, 5.41) is 9.24. The number of carbonyl (C=O) groups is 1. The van der Waals surface area contributed by atoms with E-state index in [1.54, 1.807) is 4.90 Å². The lowest BCUT2D eigenvalue weighted by Crippen LogP contribution is -2.52. The average molecular weight is 228 g/mol. The summed E-state index contributed by atoms with van der Waals surface area (Å²) in [5.41, 5.74) is 5.89. The lowest BCUT2D eigenvalue weighted by molar-refractivity contribution is -0.137. The van der Waals surface area contributed by atoms with Gasteiger partial charge in [-0.25, -0.2) is 0 Å². The summed E-state index contributed by atoms with van der Waals surface area (Å²) in [6.07, 6.45) is 3.73. The second kappa shape index (κ2) is 6.21. The number of hydrogen-bond acceptors (Lipinski definition) is 3. The van der Waals surface area contributed by atoms with Crippen LogP contribution in [0.1, 0.15) is 39.5 Å². The van der Waals surface area contributed by atoms with Crippen LogP contribution in [0.25, 0.3) is 0 Å². The number of carbonyl (C=O) groups excluding carboxylic acids is 1. The standard InChI is InChI=1S/C12H24N2O2/c1-9(2)7-11(13)12(16)14-6-4-3-5-10(14)8-15/h9-11,15H,3-8,13H2,1-2H3/t10?,11-/m1/s1. The zero-order chi connectivity index (χ0) is 12.1. The van der Waals surface area contributed by atoms with Gasteiger partial charge in [0.05, 0.1) is 18.7 Å². The second-order valence-electron chi connectivity index (χ2n) is 5.10. The first-order chi connectivity index (χ1) is 7.56. The van der Waals surface area contributed by atoms with Gasteiger partial charge in [-0.2, -0.15) is 0 Å². The normalized spacial score (nSPS) is 23.6. The van der Waals surface area contributed by atoms with Crippen LogP contribution < -0.4 is 5.73 Å². The molecular formula is C12H24N2O2. The number of aliphatic hydroxyl groups excluding tert-OH is 1. The number of nitrogens with zero attached hydrogens (tertiary/aromatic N) is 1. The van der Waals surface area contributed by atoms with Crippen molar-refractivity contribution < 1.29 is 9.90 Å². The van der Waals surface area contributed by atoms with Gasteiger partial charge in [0.15, 0.2) is 0 Å². The molecule has 2 atom stereocenters. The molecular weight excluding hydrogens is 204 g/mol. The van der Waals surface area contributed by atoms with E-state index in [0.29, 0.717) is 12.3 Å². The maximum atomic E-state index is 12.1. The van der Waals surface area contributed by atoms with Crippen molar-refractivity contribution in [2.75, 3.05) is 13.2 Å². The third-order valence-corrected chi connectivity index (χ3v) is 3.16. The third kappa shape index (κ3) is 3.46. The zero-order valence-corrected chi connectivity index (χ0v) is 10.4. The van der Waals surface area contributed by atoms with Crippen molar-refractivity contribution >= 4 is 5.91 Å². The highest BCUT2D eigenvalue weighted by Gasteiger charge is 2.29. The van der Waals surface area contributed by atoms with Crippen molar-refractivity contribution in [3.05, 3.63) is 0 Å². The number of aliphatic hydroxyl groups is 1. The van der Waals surface area contributed by atoms with Crippen LogP contribution in [0, 0.1) is 5.92 Å². The van der Waals surface area contributed by atoms with Crippen LogP contribution in [-0.4, -0.2) is 41.1 Å². The fourth-order valence-corrected chi connectivity index (χ4v) is 2.30. The Morgan fingerprint density at radius 3 is 2.75 bits per heavy atom. The van der Waals surface area contributed by atoms with Gasteiger partial charge in [-0.3, -0.25) is 4.79 Å². The molecule has 0 aliphatic carbocycles. The van der Waals surface area contributed by atoms with E-state index in [1.807, 2.05) is 0 Å². The van der Waals surface area contributed by atoms with Gasteiger partial charge in [0.25, 0.3) is 0 Å². The molecule has 0 spiro atoms. The summed E-state index contributed by atoms with van der Waals surface area (Å²) >= 11 is 0. The average Bonchev–Trinajstić information content (AvgIpc) is 2.27. The molecule has 3 N–H and O–H groups in total. The fourth-order valence-electron chi connectivity index (χ4n) is 2.30. The number of nitrogens with two attached hydrogens (primary N) is 1. The van der Waals surface area contributed by atoms with Gasteiger partial charge in [0.1, 0.15) is 0 Å². The van der Waals surface area contributed by atoms with Gasteiger partial charge in [-0.15, -0.1) is 0 Å². The van der Waals surface area contributed by atoms with Crippen molar-refractivity contribution in [3.8, 4) is 0 Å². The van der Waals surface area contributed by atoms with Crippen molar-refractivity contribution in [1.82, 2.24) is 4.90 Å². The zero-order valence-electron chi connectivity index (χ0n) is 10.4. The Hall–Kier alpha value is -0.610. The van der Waals surface area contributed by atoms with E-state index in [4.69, 9.17) is 5.73 Å². The molecule has 0 aromatic carbocycles. The van der Waals surface area contributed by atoms with Crippen molar-refractivity contribution in [3.63, 3.8) is 0 Å². The molecule has 1 heterocycles. The topological polar surface area (TPSA) is 66.6 Å². The first kappa shape index (κ1) is 13.5. The summed E-state index contributed by atoms with van der Waals surface area (Å²) in [4.78, 5) is 13.9. The summed E-state index contributed by atoms with van der Waals surface area (Å²) < 4.78 is 0. The molecule has 0 aromatic heterocycles. The Labute approximate surface area is 97.8 Å². The van der Waals surface area contributed by atoms with E-state index in [0.717, 1.165) is 25.8 Å². The Bertz CT molecular complexity index is 231. The second-order valence-corrected chi connectivity index (χ2v) is 5.10. The maximum Gasteiger partial charge on any atom is 0.239 e. The van der Waals surface area contributed by atoms with Crippen molar-refractivity contribution in [1.29, 1.82) is 0 Å². The fraction of sp³-hybridized carbons (Fsp3) is 0.917. The van der Waals surface area contributed by atoms with Crippen molar-refractivity contribution in [2.24, 2.45) is 11.7 Å². The third-order valence-electron chi connectivity index (χ3n) is 3.16. The van der Waals surface area contributed by atoms with Gasteiger partial charge in [-0.1, -0.05) is 13.8 Å². The minimum atomic E-state index is -0.410. The maximum absolute atomic E-state index is 12.1. The SMILES string of the molecule is CC(C)C[C@@H](N)C(=O)N1CCCCC1CO. The van der Waals surface area contributed by atoms with E-state index >= 15 is 0 Å². The first-order valence-corrected chi connectivity index (χ1v) is 6.23. The Balaban J connectivity index is 2.56. The minimum Gasteiger partial charge on any atom is -0.394 e. The monoisotopic (exact) mass is 228 g/mol. The largest absolute Gasteiger partial charge is 0.394 e. The quantitative estimate of drug-likeness (QED) is 0.745. The number of rotatable bonds is 4. The molecule has 0 bridgehead atoms. The summed E-state index contributed by atoms with van der Waals surface area (Å²) in [6, 6.07) is -0.424. The number of piperidine rings is 1. The number of likely N-dealkylation sites (tertiary alicyclic amines) is 1. The van der Waals surface area contributed by atoms with Crippen molar-refractivity contribution in [2.45, 2.75) is 51.6 Å². The highest BCUT2D eigenvalue weighted by Crippen LogP contribution is 2.18. The molecule has 1 unspecified atom stereocenters. The van der Waals surface area contributed by atoms with Gasteiger partial charge < -0.3 is 15.7 Å². The predicted octanol–water partition coefficient (Wildman–Crippen LogP) is 0.733. The van der Waals surface area contributed by atoms with E-state index < -0.39 is 6.04 Å². The molecule has 1 aliphatic heterocycles. The van der Waals surface area contributed by atoms with E-state index in [-0.39, 0.29) is 18.6 Å². The Morgan fingerprint density at radius 1 is 1.50 bits per heavy atom. The lowest BCUT2D eigenvalue weighted by atomic mass is 9.98. The molecule has 16 heavy (non-hydrogen) atoms. The Kier molecular flexibility index (Phi) is 5.22. The molecule has 0 aromatic rings. The molecule has 1 saturated heterocycles. The van der Waals surface area contributed by atoms with Crippen LogP contribution in [0.15, 0.2) is 0 Å². The van der Waals surface area contributed by atoms with Crippen LogP contribution in [-0.2, 0) is 4.79 Å². The van der Waals surface area contributed by atoms with Crippen LogP contribution in [0.4, 0.5) is 0 Å². The van der Waals surface area contributed by atoms with E-state index in [1.165, 1.54) is 0 Å². The van der Waals surface area contributed by atoms with Crippen LogP contribution in [0.3, 0.4) is 0 Å². The molecule has 1 aliphatic rings. The molecule has 4 heteroatoms. The predicted molar refractivity (Wildman–Crippen MR) is 63.9 cm³/mol. The van der Waals surface area contributed by atoms with Gasteiger partial charge in [0.2, 0.25) is 5.91 Å². The Morgan fingerprint density at radius 2 is 2.19 bits per heavy atom.